The van der Waals surface area contributed by atoms with E-state index in [-0.39, 0.29) is 35.0 Å². The molecular formula is C44H65N3O7S2Si2. The lowest BCUT2D eigenvalue weighted by atomic mass is 9.73. The van der Waals surface area contributed by atoms with E-state index >= 15 is 0 Å². The van der Waals surface area contributed by atoms with Gasteiger partial charge in [-0.2, -0.15) is 0 Å². The van der Waals surface area contributed by atoms with E-state index in [9.17, 15) is 19.8 Å². The number of H-pyrrole nitrogens is 1. The molecule has 0 radical (unpaired) electrons. The Morgan fingerprint density at radius 2 is 1.60 bits per heavy atom. The topological polar surface area (TPSA) is 133 Å². The van der Waals surface area contributed by atoms with Crippen LogP contribution in [0.3, 0.4) is 0 Å². The second-order valence-corrected chi connectivity index (χ2v) is 20.6. The molecule has 2 fully saturated rings. The smallest absolute Gasteiger partial charge is 0.349 e. The van der Waals surface area contributed by atoms with Crippen molar-refractivity contribution in [3.63, 3.8) is 0 Å². The molecule has 2 aliphatic carbocycles. The summed E-state index contributed by atoms with van der Waals surface area (Å²) in [7, 11) is 0.834. The van der Waals surface area contributed by atoms with Gasteiger partial charge in [0.2, 0.25) is 11.2 Å². The number of esters is 1. The number of phenolic OH excluding ortho intramolecular Hbond substituents is 1. The largest absolute Gasteiger partial charge is 0.506 e. The number of benzene rings is 1. The molecule has 4 aromatic rings. The minimum absolute atomic E-state index is 0.0267. The standard InChI is InChI=1S/C44H65N3O7S2Si2/c1-43(2,42(53-57-4)54-58-5)33(30-19-21-34(48)39-31(30)20-22-38(49)46-39)28-45-23-11-9-7-6-8-10-12-24-47(3)40-29-17-18-32(40)35(27-29)52-41(50)44(51,36-15-13-25-55-36)37-16-14-26-56-37/h13-16,19-22,25-26,29,32-33,35,40,42,45,48,51H,6-12,17-18,23-24,27-28,57-58H2,1-5H3,(H,46,49). The highest BCUT2D eigenvalue weighted by Crippen LogP contribution is 2.50. The molecule has 2 saturated carbocycles. The van der Waals surface area contributed by atoms with Crippen molar-refractivity contribution in [2.45, 2.75) is 121 Å². The Morgan fingerprint density at radius 1 is 0.948 bits per heavy atom. The number of unbranched alkanes of at least 4 members (excludes halogenated alkanes) is 6. The normalized spacial score (nSPS) is 21.0. The molecule has 2 bridgehead atoms. The average Bonchev–Trinajstić information content (AvgIpc) is 4.05. The highest BCUT2D eigenvalue weighted by Gasteiger charge is 2.53. The predicted molar refractivity (Wildman–Crippen MR) is 241 cm³/mol. The van der Waals surface area contributed by atoms with Gasteiger partial charge in [0.05, 0.1) is 15.3 Å². The van der Waals surface area contributed by atoms with Gasteiger partial charge in [-0.1, -0.05) is 77.2 Å². The van der Waals surface area contributed by atoms with Crippen LogP contribution in [-0.4, -0.2) is 90.7 Å². The van der Waals surface area contributed by atoms with Gasteiger partial charge in [0.1, 0.15) is 18.1 Å². The van der Waals surface area contributed by atoms with Crippen LogP contribution in [0, 0.1) is 17.3 Å². The molecule has 58 heavy (non-hydrogen) atoms. The van der Waals surface area contributed by atoms with Crippen LogP contribution in [0.15, 0.2) is 64.1 Å². The van der Waals surface area contributed by atoms with E-state index in [4.69, 9.17) is 13.6 Å². The number of hydrogen-bond acceptors (Lipinski definition) is 11. The molecule has 3 heterocycles. The number of carbonyl (C=O) groups is 1. The Bertz CT molecular complexity index is 1900. The third-order valence-corrected chi connectivity index (χ3v) is 16.0. The Kier molecular flexibility index (Phi) is 16.0. The molecule has 5 atom stereocenters. The molecule has 1 aromatic carbocycles. The van der Waals surface area contributed by atoms with Gasteiger partial charge in [-0.25, -0.2) is 4.79 Å². The highest BCUT2D eigenvalue weighted by atomic mass is 32.1. The van der Waals surface area contributed by atoms with Crippen LogP contribution >= 0.6 is 22.7 Å². The Morgan fingerprint density at radius 3 is 2.24 bits per heavy atom. The SMILES string of the molecule is C[SiH2]OC(O[SiH2]C)C(C)(C)C(CNCCCCCCCCCN(C)C1C2CCC1C(OC(=O)C(O)(c1cccs1)c1cccs1)C2)c1ccc(O)c2[nH]c(=O)ccc12. The molecular weight excluding hydrogens is 803 g/mol. The highest BCUT2D eigenvalue weighted by molar-refractivity contribution is 7.12. The van der Waals surface area contributed by atoms with E-state index in [0.717, 1.165) is 49.8 Å². The van der Waals surface area contributed by atoms with Crippen molar-refractivity contribution in [3.05, 3.63) is 85.0 Å². The second kappa shape index (κ2) is 20.7. The summed E-state index contributed by atoms with van der Waals surface area (Å²) in [4.78, 5) is 32.4. The third-order valence-electron chi connectivity index (χ3n) is 12.8. The van der Waals surface area contributed by atoms with E-state index in [1.807, 2.05) is 47.2 Å². The minimum Gasteiger partial charge on any atom is -0.506 e. The van der Waals surface area contributed by atoms with Gasteiger partial charge in [-0.05, 0) is 98.7 Å². The number of carbonyl (C=O) groups excluding carboxylic acids is 1. The number of fused-ring (bicyclic) bond motifs is 3. The van der Waals surface area contributed by atoms with Crippen molar-refractivity contribution in [2.75, 3.05) is 26.7 Å². The Labute approximate surface area is 357 Å². The van der Waals surface area contributed by atoms with Crippen molar-refractivity contribution in [2.24, 2.45) is 17.3 Å². The first-order valence-electron chi connectivity index (χ1n) is 21.5. The lowest BCUT2D eigenvalue weighted by Crippen LogP contribution is -2.44. The van der Waals surface area contributed by atoms with E-state index in [0.29, 0.717) is 33.1 Å². The number of rotatable bonds is 24. The van der Waals surface area contributed by atoms with Crippen LogP contribution < -0.4 is 10.9 Å². The molecule has 4 N–H and O–H groups in total. The number of aliphatic hydroxyl groups is 1. The van der Waals surface area contributed by atoms with E-state index in [2.05, 4.69) is 49.2 Å². The first kappa shape index (κ1) is 44.9. The second-order valence-electron chi connectivity index (χ2n) is 16.9. The molecule has 0 amide bonds. The van der Waals surface area contributed by atoms with Crippen LogP contribution in [0.2, 0.25) is 13.1 Å². The first-order chi connectivity index (χ1) is 28.0. The maximum atomic E-state index is 13.7. The van der Waals surface area contributed by atoms with Gasteiger partial charge in [0.15, 0.2) is 19.5 Å². The Balaban J connectivity index is 0.916. The summed E-state index contributed by atoms with van der Waals surface area (Å²) in [6, 6.07) is 14.8. The number of aromatic nitrogens is 1. The zero-order valence-corrected chi connectivity index (χ0v) is 39.5. The maximum Gasteiger partial charge on any atom is 0.349 e. The van der Waals surface area contributed by atoms with Gasteiger partial charge in [-0.3, -0.25) is 4.79 Å². The number of aromatic amines is 1. The van der Waals surface area contributed by atoms with Gasteiger partial charge in [0, 0.05) is 41.3 Å². The van der Waals surface area contributed by atoms with E-state index in [1.165, 1.54) is 73.7 Å². The predicted octanol–water partition coefficient (Wildman–Crippen LogP) is 6.99. The molecule has 2 aliphatic rings. The molecule has 0 saturated heterocycles. The van der Waals surface area contributed by atoms with Crippen molar-refractivity contribution >= 4 is 59.1 Å². The summed E-state index contributed by atoms with van der Waals surface area (Å²) in [5, 5.41) is 30.7. The molecule has 3 aromatic heterocycles. The van der Waals surface area contributed by atoms with E-state index in [1.54, 1.807) is 6.07 Å². The fourth-order valence-electron chi connectivity index (χ4n) is 9.74. The monoisotopic (exact) mass is 867 g/mol. The number of hydrogen-bond donors (Lipinski definition) is 4. The lowest BCUT2D eigenvalue weighted by molar-refractivity contribution is -0.170. The summed E-state index contributed by atoms with van der Waals surface area (Å²) >= 11 is 2.77. The zero-order valence-electron chi connectivity index (χ0n) is 35.0. The minimum atomic E-state index is -1.75. The summed E-state index contributed by atoms with van der Waals surface area (Å²) in [6.07, 6.45) is 11.0. The van der Waals surface area contributed by atoms with Crippen molar-refractivity contribution < 1.29 is 28.6 Å². The number of aromatic hydroxyl groups is 1. The first-order valence-corrected chi connectivity index (χ1v) is 27.2. The number of thiophene rings is 2. The van der Waals surface area contributed by atoms with Crippen molar-refractivity contribution in [1.82, 2.24) is 15.2 Å². The van der Waals surface area contributed by atoms with Crippen LogP contribution in [0.4, 0.5) is 0 Å². The number of ether oxygens (including phenoxy) is 1. The summed E-state index contributed by atoms with van der Waals surface area (Å²) in [6.45, 7) is 11.4. The molecule has 318 valence electrons. The van der Waals surface area contributed by atoms with Crippen LogP contribution in [0.25, 0.3) is 10.9 Å². The fraction of sp³-hybridized carbons (Fsp3) is 0.591. The zero-order chi connectivity index (χ0) is 41.3. The quantitative estimate of drug-likeness (QED) is 0.0255. The lowest BCUT2D eigenvalue weighted by Gasteiger charge is -2.41. The van der Waals surface area contributed by atoms with Gasteiger partial charge < -0.3 is 39.0 Å². The Hall–Kier alpha value is -2.67. The van der Waals surface area contributed by atoms with Crippen LogP contribution in [-0.2, 0) is 24.0 Å². The summed E-state index contributed by atoms with van der Waals surface area (Å²) < 4.78 is 18.8. The molecule has 0 aliphatic heterocycles. The molecule has 6 rings (SSSR count). The third kappa shape index (κ3) is 10.1. The van der Waals surface area contributed by atoms with Gasteiger partial charge in [0.25, 0.3) is 0 Å². The average molecular weight is 868 g/mol. The number of pyridine rings is 1. The maximum absolute atomic E-state index is 13.7. The molecule has 0 spiro atoms. The van der Waals surface area contributed by atoms with Crippen LogP contribution in [0.5, 0.6) is 5.75 Å². The summed E-state index contributed by atoms with van der Waals surface area (Å²) in [5.41, 5.74) is -0.799. The van der Waals surface area contributed by atoms with Crippen molar-refractivity contribution in [1.29, 1.82) is 0 Å². The van der Waals surface area contributed by atoms with Gasteiger partial charge >= 0.3 is 5.97 Å². The fourth-order valence-corrected chi connectivity index (χ4v) is 13.3. The van der Waals surface area contributed by atoms with Gasteiger partial charge in [-0.15, -0.1) is 22.7 Å². The number of phenols is 1. The summed E-state index contributed by atoms with van der Waals surface area (Å²) in [5.74, 6) is 0.403. The molecule has 10 nitrogen and oxygen atoms in total. The van der Waals surface area contributed by atoms with Crippen LogP contribution in [0.1, 0.15) is 99.3 Å². The molecule has 5 unspecified atom stereocenters. The number of nitrogens with zero attached hydrogens (tertiary/aromatic N) is 1. The van der Waals surface area contributed by atoms with E-state index < -0.39 is 31.1 Å². The van der Waals surface area contributed by atoms with Crippen molar-refractivity contribution in [3.8, 4) is 5.75 Å². The molecule has 14 heteroatoms. The number of nitrogens with one attached hydrogen (secondary N) is 2.